The maximum atomic E-state index is 9.75. The summed E-state index contributed by atoms with van der Waals surface area (Å²) >= 11 is 0. The van der Waals surface area contributed by atoms with Crippen molar-refractivity contribution in [3.8, 4) is 113 Å². The van der Waals surface area contributed by atoms with Gasteiger partial charge in [0.25, 0.3) is 0 Å². The Balaban J connectivity index is 0.0000000993. The topological polar surface area (TPSA) is 95.2 Å². The molecule has 0 radical (unpaired) electrons. The van der Waals surface area contributed by atoms with Crippen LogP contribution in [0.25, 0.3) is 208 Å². The van der Waals surface area contributed by atoms with Gasteiger partial charge < -0.3 is 0 Å². The Bertz CT molecular complexity index is 9350. The molecule has 0 amide bonds. The third-order valence-corrected chi connectivity index (χ3v) is 30.4. The Morgan fingerprint density at radius 3 is 0.816 bits per heavy atom. The molecule has 0 unspecified atom stereocenters. The van der Waals surface area contributed by atoms with Crippen LogP contribution >= 0.6 is 0 Å². The van der Waals surface area contributed by atoms with Crippen molar-refractivity contribution in [1.82, 2.24) is 0 Å². The van der Waals surface area contributed by atoms with Gasteiger partial charge in [0.05, 0.1) is 46.5 Å². The van der Waals surface area contributed by atoms with Gasteiger partial charge in [-0.25, -0.2) is 0 Å². The monoisotopic (exact) mass is 1730 g/mol. The third kappa shape index (κ3) is 12.3. The molecule has 23 aromatic rings. The van der Waals surface area contributed by atoms with Crippen LogP contribution in [0.4, 0.5) is 0 Å². The summed E-state index contributed by atoms with van der Waals surface area (Å²) in [6.45, 7) is 18.9. The summed E-state index contributed by atoms with van der Waals surface area (Å²) < 4.78 is 0. The van der Waals surface area contributed by atoms with Crippen LogP contribution in [0.3, 0.4) is 0 Å². The van der Waals surface area contributed by atoms with Gasteiger partial charge in [-0.2, -0.15) is 21.0 Å². The number of nitrogens with zero attached hydrogens (tertiary/aromatic N) is 4. The fourth-order valence-electron chi connectivity index (χ4n) is 24.5. The summed E-state index contributed by atoms with van der Waals surface area (Å²) in [6, 6.07) is 152. The molecule has 0 aliphatic heterocycles. The average molecular weight is 1730 g/mol. The normalized spacial score (nSPS) is 13.6. The van der Waals surface area contributed by atoms with Crippen molar-refractivity contribution < 1.29 is 0 Å². The van der Waals surface area contributed by atoms with Crippen molar-refractivity contribution in [1.29, 1.82) is 21.0 Å². The summed E-state index contributed by atoms with van der Waals surface area (Å²) in [5, 5.41) is 65.2. The maximum absolute atomic E-state index is 9.75. The molecular weight excluding hydrogens is 1640 g/mol. The molecule has 0 atom stereocenters. The quantitative estimate of drug-likeness (QED) is 0.164. The molecule has 0 fully saturated rings. The van der Waals surface area contributed by atoms with Gasteiger partial charge in [-0.15, -0.1) is 0 Å². The number of rotatable bonds is 4. The first-order chi connectivity index (χ1) is 66.4. The highest BCUT2D eigenvalue weighted by atomic mass is 14.4. The van der Waals surface area contributed by atoms with E-state index in [9.17, 15) is 21.0 Å². The molecule has 0 bridgehead atoms. The van der Waals surface area contributed by atoms with E-state index in [0.29, 0.717) is 22.3 Å². The van der Waals surface area contributed by atoms with Gasteiger partial charge in [0.1, 0.15) is 0 Å². The lowest BCUT2D eigenvalue weighted by atomic mass is 9.66. The van der Waals surface area contributed by atoms with Crippen LogP contribution in [0.15, 0.2) is 400 Å². The maximum Gasteiger partial charge on any atom is 0.0998 e. The smallest absolute Gasteiger partial charge is 0.0998 e. The van der Waals surface area contributed by atoms with E-state index >= 15 is 0 Å². The summed E-state index contributed by atoms with van der Waals surface area (Å²) in [5.41, 5.74) is 33.8. The zero-order valence-electron chi connectivity index (χ0n) is 76.9. The minimum absolute atomic E-state index is 0.105. The molecule has 27 rings (SSSR count). The van der Waals surface area contributed by atoms with Crippen LogP contribution in [0.5, 0.6) is 0 Å². The highest BCUT2D eigenvalue weighted by Crippen LogP contribution is 2.60. The van der Waals surface area contributed by atoms with Crippen molar-refractivity contribution in [2.75, 3.05) is 0 Å². The van der Waals surface area contributed by atoms with Gasteiger partial charge in [-0.1, -0.05) is 401 Å². The van der Waals surface area contributed by atoms with E-state index < -0.39 is 0 Å². The van der Waals surface area contributed by atoms with Crippen molar-refractivity contribution in [2.24, 2.45) is 0 Å². The van der Waals surface area contributed by atoms with E-state index in [1.807, 2.05) is 54.6 Å². The molecule has 23 aromatic carbocycles. The van der Waals surface area contributed by atoms with Crippen molar-refractivity contribution in [3.05, 3.63) is 467 Å². The fraction of sp³-hybridized carbons (Fsp3) is 0.0909. The zero-order valence-corrected chi connectivity index (χ0v) is 76.9. The summed E-state index contributed by atoms with van der Waals surface area (Å²) in [7, 11) is 0. The van der Waals surface area contributed by atoms with Crippen LogP contribution in [0, 0.1) is 45.3 Å². The van der Waals surface area contributed by atoms with Crippen LogP contribution in [0.1, 0.15) is 122 Å². The highest BCUT2D eigenvalue weighted by molar-refractivity contribution is 6.27. The Labute approximate surface area is 791 Å². The Morgan fingerprint density at radius 2 is 0.434 bits per heavy atom. The fourth-order valence-corrected chi connectivity index (χ4v) is 24.5. The molecule has 4 heteroatoms. The van der Waals surface area contributed by atoms with E-state index in [1.165, 1.54) is 214 Å². The van der Waals surface area contributed by atoms with Crippen LogP contribution in [-0.4, -0.2) is 0 Å². The molecule has 0 heterocycles. The Morgan fingerprint density at radius 1 is 0.169 bits per heavy atom. The molecule has 136 heavy (non-hydrogen) atoms. The first-order valence-electron chi connectivity index (χ1n) is 47.0. The lowest BCUT2D eigenvalue weighted by molar-refractivity contribution is 0.651. The van der Waals surface area contributed by atoms with Gasteiger partial charge in [0, 0.05) is 27.0 Å². The molecular formula is C132H90N4. The second-order valence-corrected chi connectivity index (χ2v) is 39.1. The predicted octanol–water partition coefficient (Wildman–Crippen LogP) is 34.8. The standard InChI is InChI=1S/3C34H23N.C30H21N/c1-34(2)30-17-8-7-12-24(30)25-15-9-16-29-31(26-13-5-6-14-28(26)33(34)32(25)29)27-19-18-21(20-35)22-10-3-4-11-23(22)27;1-34(2)30-13-6-5-8-25(30)26-11-7-12-29-31(27-9-3-4-10-28(27)33(34)32(26)29)24-17-16-22-18-21(20-35)14-15-23(22)19-24;1-34(2)30-13-6-5-8-25(30)26-11-7-12-29-31(27-9-3-4-10-28(27)33(34)32(26)29)23-17-16-22-15-14-21(20-35)18-24(22)19-23;1-30(2)26-13-6-5-8-21(26)22-11-7-12-25-27(20-16-14-19(18-31)15-17-20)23-9-3-4-10-24(23)29(30)28(22)25/h3*3-19H,1-2H3;3-17H,1-2H3. The minimum atomic E-state index is -0.131. The van der Waals surface area contributed by atoms with E-state index in [4.69, 9.17) is 0 Å². The number of benzene rings is 23. The molecule has 0 spiro atoms. The minimum Gasteiger partial charge on any atom is -0.192 e. The number of hydrogen-bond acceptors (Lipinski definition) is 4. The van der Waals surface area contributed by atoms with E-state index in [2.05, 4.69) is 425 Å². The van der Waals surface area contributed by atoms with E-state index in [-0.39, 0.29) is 21.7 Å². The number of hydrogen-bond donors (Lipinski definition) is 0. The first kappa shape index (κ1) is 82.1. The predicted molar refractivity (Wildman–Crippen MR) is 569 cm³/mol. The van der Waals surface area contributed by atoms with E-state index in [0.717, 1.165) is 37.9 Å². The van der Waals surface area contributed by atoms with Crippen LogP contribution < -0.4 is 0 Å². The number of nitriles is 4. The second kappa shape index (κ2) is 31.3. The average Bonchev–Trinajstić information content (AvgIpc) is 0.708. The van der Waals surface area contributed by atoms with Crippen molar-refractivity contribution >= 4 is 118 Å². The van der Waals surface area contributed by atoms with Crippen molar-refractivity contribution in [3.63, 3.8) is 0 Å². The molecule has 0 aromatic heterocycles. The molecule has 4 aliphatic carbocycles. The molecule has 638 valence electrons. The summed E-state index contributed by atoms with van der Waals surface area (Å²) in [6.07, 6.45) is 0. The van der Waals surface area contributed by atoms with Crippen LogP contribution in [-0.2, 0) is 21.7 Å². The summed E-state index contributed by atoms with van der Waals surface area (Å²) in [4.78, 5) is 0. The largest absolute Gasteiger partial charge is 0.192 e. The molecule has 0 N–H and O–H groups in total. The van der Waals surface area contributed by atoms with E-state index in [1.54, 1.807) is 0 Å². The van der Waals surface area contributed by atoms with Gasteiger partial charge in [-0.05, 0) is 301 Å². The molecule has 0 saturated carbocycles. The second-order valence-electron chi connectivity index (χ2n) is 39.1. The lowest BCUT2D eigenvalue weighted by Gasteiger charge is -2.37. The van der Waals surface area contributed by atoms with Gasteiger partial charge in [-0.3, -0.25) is 0 Å². The third-order valence-electron chi connectivity index (χ3n) is 30.4. The lowest BCUT2D eigenvalue weighted by Crippen LogP contribution is -2.24. The summed E-state index contributed by atoms with van der Waals surface area (Å²) in [5.74, 6) is 0. The highest BCUT2D eigenvalue weighted by Gasteiger charge is 2.41. The Hall–Kier alpha value is -17.1. The molecule has 0 saturated heterocycles. The van der Waals surface area contributed by atoms with Gasteiger partial charge in [0.2, 0.25) is 0 Å². The zero-order chi connectivity index (χ0) is 92.4. The molecule has 4 nitrogen and oxygen atoms in total. The van der Waals surface area contributed by atoms with Crippen LogP contribution in [0.2, 0.25) is 0 Å². The van der Waals surface area contributed by atoms with Gasteiger partial charge in [0.15, 0.2) is 0 Å². The SMILES string of the molecule is CC1(C)c2ccccc2-c2cccc3c(-c4ccc(C#N)c5ccccc45)c4ccccc4c1c23.CC1(C)c2ccccc2-c2cccc3c(-c4ccc(C#N)cc4)c4ccccc4c1c23.CC1(C)c2ccccc2-c2cccc3c(-c4ccc5cc(C#N)ccc5c4)c4ccccc4c1c23.CC1(C)c2ccccc2-c2cccc3c(-c4ccc5ccc(C#N)cc5c4)c4ccccc4c1c23. The Kier molecular flexibility index (Phi) is 18.9. The molecule has 4 aliphatic rings. The van der Waals surface area contributed by atoms with Gasteiger partial charge >= 0.3 is 0 Å². The first-order valence-corrected chi connectivity index (χ1v) is 47.0. The number of fused-ring (bicyclic) bond motifs is 19. The van der Waals surface area contributed by atoms with Crippen molar-refractivity contribution in [2.45, 2.75) is 77.0 Å².